The van der Waals surface area contributed by atoms with Crippen LogP contribution in [0.4, 0.5) is 0 Å². The summed E-state index contributed by atoms with van der Waals surface area (Å²) in [5, 5.41) is 8.75. The first-order valence-corrected chi connectivity index (χ1v) is 5.06. The summed E-state index contributed by atoms with van der Waals surface area (Å²) in [6.07, 6.45) is 4.56. The van der Waals surface area contributed by atoms with Crippen molar-refractivity contribution in [2.45, 2.75) is 25.3 Å². The molecule has 0 amide bonds. The van der Waals surface area contributed by atoms with E-state index in [4.69, 9.17) is 9.52 Å². The summed E-state index contributed by atoms with van der Waals surface area (Å²) >= 11 is 0. The SMILES string of the molecule is CN1CCCC1c1nc(CCO)co1. The van der Waals surface area contributed by atoms with Crippen LogP contribution < -0.4 is 0 Å². The minimum absolute atomic E-state index is 0.131. The van der Waals surface area contributed by atoms with Crippen molar-refractivity contribution >= 4 is 0 Å². The predicted octanol–water partition coefficient (Wildman–Crippen LogP) is 0.976. The Balaban J connectivity index is 2.08. The summed E-state index contributed by atoms with van der Waals surface area (Å²) in [4.78, 5) is 6.62. The van der Waals surface area contributed by atoms with Gasteiger partial charge in [-0.15, -0.1) is 0 Å². The third kappa shape index (κ3) is 1.81. The van der Waals surface area contributed by atoms with Crippen LogP contribution in [0.2, 0.25) is 0 Å². The molecule has 0 saturated carbocycles. The van der Waals surface area contributed by atoms with Crippen LogP contribution in [0.1, 0.15) is 30.5 Å². The zero-order valence-corrected chi connectivity index (χ0v) is 8.44. The van der Waals surface area contributed by atoms with Gasteiger partial charge in [0, 0.05) is 13.0 Å². The minimum atomic E-state index is 0.131. The average Bonchev–Trinajstić information content (AvgIpc) is 2.74. The van der Waals surface area contributed by atoms with Crippen molar-refractivity contribution in [3.8, 4) is 0 Å². The van der Waals surface area contributed by atoms with E-state index in [1.54, 1.807) is 6.26 Å². The number of likely N-dealkylation sites (tertiary alicyclic amines) is 1. The first-order valence-electron chi connectivity index (χ1n) is 5.06. The van der Waals surface area contributed by atoms with Gasteiger partial charge in [0.1, 0.15) is 6.26 Å². The van der Waals surface area contributed by atoms with Crippen molar-refractivity contribution in [1.82, 2.24) is 9.88 Å². The van der Waals surface area contributed by atoms with E-state index in [9.17, 15) is 0 Å². The van der Waals surface area contributed by atoms with Crippen molar-refractivity contribution in [3.63, 3.8) is 0 Å². The Morgan fingerprint density at radius 3 is 3.21 bits per heavy atom. The van der Waals surface area contributed by atoms with Crippen molar-refractivity contribution < 1.29 is 9.52 Å². The van der Waals surface area contributed by atoms with Crippen molar-refractivity contribution in [2.24, 2.45) is 0 Å². The molecule has 4 heteroatoms. The zero-order valence-electron chi connectivity index (χ0n) is 8.44. The van der Waals surface area contributed by atoms with Gasteiger partial charge in [0.25, 0.3) is 0 Å². The van der Waals surface area contributed by atoms with Gasteiger partial charge in [-0.25, -0.2) is 4.98 Å². The van der Waals surface area contributed by atoms with E-state index >= 15 is 0 Å². The molecule has 1 aliphatic rings. The Morgan fingerprint density at radius 2 is 2.57 bits per heavy atom. The number of aliphatic hydroxyl groups excluding tert-OH is 1. The van der Waals surface area contributed by atoms with Crippen molar-refractivity contribution in [2.75, 3.05) is 20.2 Å². The number of oxazole rings is 1. The normalized spacial score (nSPS) is 23.1. The van der Waals surface area contributed by atoms with E-state index in [0.717, 1.165) is 24.6 Å². The first kappa shape index (κ1) is 9.68. The molecule has 0 aromatic carbocycles. The molecule has 1 aliphatic heterocycles. The van der Waals surface area contributed by atoms with E-state index in [0.29, 0.717) is 12.5 Å². The Labute approximate surface area is 83.5 Å². The highest BCUT2D eigenvalue weighted by Crippen LogP contribution is 2.29. The summed E-state index contributed by atoms with van der Waals surface area (Å²) in [6, 6.07) is 0.336. The summed E-state index contributed by atoms with van der Waals surface area (Å²) < 4.78 is 5.41. The topological polar surface area (TPSA) is 49.5 Å². The molecule has 14 heavy (non-hydrogen) atoms. The molecule has 78 valence electrons. The minimum Gasteiger partial charge on any atom is -0.447 e. The van der Waals surface area contributed by atoms with Crippen LogP contribution >= 0.6 is 0 Å². The van der Waals surface area contributed by atoms with Gasteiger partial charge in [-0.05, 0) is 26.4 Å². The van der Waals surface area contributed by atoms with Crippen LogP contribution in [0.15, 0.2) is 10.7 Å². The van der Waals surface area contributed by atoms with Crippen LogP contribution in [0.5, 0.6) is 0 Å². The third-order valence-electron chi connectivity index (χ3n) is 2.74. The maximum atomic E-state index is 8.75. The van der Waals surface area contributed by atoms with Gasteiger partial charge in [-0.2, -0.15) is 0 Å². The molecule has 1 fully saturated rings. The van der Waals surface area contributed by atoms with E-state index in [2.05, 4.69) is 16.9 Å². The first-order chi connectivity index (χ1) is 6.81. The average molecular weight is 196 g/mol. The van der Waals surface area contributed by atoms with Crippen molar-refractivity contribution in [3.05, 3.63) is 17.8 Å². The molecule has 1 saturated heterocycles. The fourth-order valence-electron chi connectivity index (χ4n) is 1.93. The van der Waals surface area contributed by atoms with Gasteiger partial charge in [-0.3, -0.25) is 4.90 Å². The fourth-order valence-corrected chi connectivity index (χ4v) is 1.93. The molecule has 0 spiro atoms. The number of rotatable bonds is 3. The molecular weight excluding hydrogens is 180 g/mol. The van der Waals surface area contributed by atoms with Crippen LogP contribution in [-0.2, 0) is 6.42 Å². The van der Waals surface area contributed by atoms with Gasteiger partial charge < -0.3 is 9.52 Å². The lowest BCUT2D eigenvalue weighted by atomic mass is 10.2. The molecule has 0 radical (unpaired) electrons. The van der Waals surface area contributed by atoms with Gasteiger partial charge in [0.2, 0.25) is 5.89 Å². The maximum absolute atomic E-state index is 8.75. The van der Waals surface area contributed by atoms with Crippen LogP contribution in [0.25, 0.3) is 0 Å². The van der Waals surface area contributed by atoms with Crippen LogP contribution in [0, 0.1) is 0 Å². The lowest BCUT2D eigenvalue weighted by molar-refractivity contribution is 0.268. The molecule has 4 nitrogen and oxygen atoms in total. The number of aliphatic hydroxyl groups is 1. The molecule has 2 heterocycles. The molecule has 1 N–H and O–H groups in total. The molecule has 0 aliphatic carbocycles. The lowest BCUT2D eigenvalue weighted by Crippen LogP contribution is -2.17. The zero-order chi connectivity index (χ0) is 9.97. The highest BCUT2D eigenvalue weighted by molar-refractivity contribution is 5.02. The second kappa shape index (κ2) is 4.11. The van der Waals surface area contributed by atoms with Gasteiger partial charge in [0.05, 0.1) is 11.7 Å². The summed E-state index contributed by atoms with van der Waals surface area (Å²) in [7, 11) is 2.09. The summed E-state index contributed by atoms with van der Waals surface area (Å²) in [6.45, 7) is 1.24. The fraction of sp³-hybridized carbons (Fsp3) is 0.700. The maximum Gasteiger partial charge on any atom is 0.211 e. The monoisotopic (exact) mass is 196 g/mol. The smallest absolute Gasteiger partial charge is 0.211 e. The van der Waals surface area contributed by atoms with Crippen molar-refractivity contribution in [1.29, 1.82) is 0 Å². The van der Waals surface area contributed by atoms with Gasteiger partial charge in [0.15, 0.2) is 0 Å². The van der Waals surface area contributed by atoms with Crippen LogP contribution in [-0.4, -0.2) is 35.2 Å². The number of hydrogen-bond donors (Lipinski definition) is 1. The Hall–Kier alpha value is -0.870. The molecule has 0 bridgehead atoms. The molecule has 1 aromatic rings. The Kier molecular flexibility index (Phi) is 2.84. The molecular formula is C10H16N2O2. The number of hydrogen-bond acceptors (Lipinski definition) is 4. The van der Waals surface area contributed by atoms with Crippen LogP contribution in [0.3, 0.4) is 0 Å². The summed E-state index contributed by atoms with van der Waals surface area (Å²) in [5.41, 5.74) is 0.850. The number of nitrogens with zero attached hydrogens (tertiary/aromatic N) is 2. The lowest BCUT2D eigenvalue weighted by Gasteiger charge is -2.14. The molecule has 1 unspecified atom stereocenters. The standard InChI is InChI=1S/C10H16N2O2/c1-12-5-2-3-9(12)10-11-8(4-6-13)7-14-10/h7,9,13H,2-6H2,1H3. The Morgan fingerprint density at radius 1 is 1.71 bits per heavy atom. The number of aromatic nitrogens is 1. The van der Waals surface area contributed by atoms with Gasteiger partial charge in [-0.1, -0.05) is 0 Å². The van der Waals surface area contributed by atoms with E-state index in [1.807, 2.05) is 0 Å². The molecule has 1 aromatic heterocycles. The third-order valence-corrected chi connectivity index (χ3v) is 2.74. The highest BCUT2D eigenvalue weighted by Gasteiger charge is 2.26. The Bertz CT molecular complexity index is 298. The quantitative estimate of drug-likeness (QED) is 0.782. The van der Waals surface area contributed by atoms with E-state index in [-0.39, 0.29) is 6.61 Å². The molecule has 2 rings (SSSR count). The second-order valence-corrected chi connectivity index (χ2v) is 3.79. The van der Waals surface area contributed by atoms with E-state index < -0.39 is 0 Å². The largest absolute Gasteiger partial charge is 0.447 e. The summed E-state index contributed by atoms with van der Waals surface area (Å²) in [5.74, 6) is 0.799. The highest BCUT2D eigenvalue weighted by atomic mass is 16.3. The molecule has 1 atom stereocenters. The van der Waals surface area contributed by atoms with Gasteiger partial charge >= 0.3 is 0 Å². The predicted molar refractivity (Wildman–Crippen MR) is 51.9 cm³/mol. The second-order valence-electron chi connectivity index (χ2n) is 3.79. The van der Waals surface area contributed by atoms with E-state index in [1.165, 1.54) is 6.42 Å².